The van der Waals surface area contributed by atoms with Crippen LogP contribution < -0.4 is 15.1 Å². The lowest BCUT2D eigenvalue weighted by molar-refractivity contribution is -0.126. The van der Waals surface area contributed by atoms with Gasteiger partial charge in [0, 0.05) is 37.4 Å². The summed E-state index contributed by atoms with van der Waals surface area (Å²) >= 11 is 0. The van der Waals surface area contributed by atoms with Gasteiger partial charge in [-0.3, -0.25) is 9.59 Å². The maximum atomic E-state index is 12.8. The summed E-state index contributed by atoms with van der Waals surface area (Å²) in [6.07, 6.45) is 0.255. The quantitative estimate of drug-likeness (QED) is 0.771. The number of nitrogens with one attached hydrogen (secondary N) is 1. The van der Waals surface area contributed by atoms with Crippen molar-refractivity contribution < 1.29 is 9.59 Å². The van der Waals surface area contributed by atoms with E-state index < -0.39 is 0 Å². The highest BCUT2D eigenvalue weighted by Gasteiger charge is 2.36. The molecule has 0 aromatic heterocycles. The van der Waals surface area contributed by atoms with E-state index in [4.69, 9.17) is 0 Å². The molecule has 1 fully saturated rings. The molecule has 1 heterocycles. The lowest BCUT2D eigenvalue weighted by Crippen LogP contribution is -2.34. The molecule has 1 aliphatic rings. The topological polar surface area (TPSA) is 52.6 Å². The van der Waals surface area contributed by atoms with Gasteiger partial charge in [0.2, 0.25) is 11.8 Å². The highest BCUT2D eigenvalue weighted by atomic mass is 16.2. The minimum Gasteiger partial charge on any atom is -0.372 e. The Morgan fingerprint density at radius 3 is 2.48 bits per heavy atom. The third-order valence-electron chi connectivity index (χ3n) is 5.75. The largest absolute Gasteiger partial charge is 0.372 e. The van der Waals surface area contributed by atoms with Crippen LogP contribution in [0.3, 0.4) is 0 Å². The zero-order valence-corrected chi connectivity index (χ0v) is 17.8. The van der Waals surface area contributed by atoms with Crippen LogP contribution in [0.15, 0.2) is 48.5 Å². The molecule has 1 saturated heterocycles. The lowest BCUT2D eigenvalue weighted by atomic mass is 10.1. The molecule has 29 heavy (non-hydrogen) atoms. The molecule has 2 amide bonds. The fourth-order valence-corrected chi connectivity index (χ4v) is 4.00. The van der Waals surface area contributed by atoms with Crippen molar-refractivity contribution in [2.75, 3.05) is 29.4 Å². The summed E-state index contributed by atoms with van der Waals surface area (Å²) in [5.74, 6) is -0.374. The van der Waals surface area contributed by atoms with Crippen molar-refractivity contribution >= 4 is 23.2 Å². The van der Waals surface area contributed by atoms with Crippen LogP contribution in [0.2, 0.25) is 0 Å². The molecule has 5 heteroatoms. The van der Waals surface area contributed by atoms with Crippen molar-refractivity contribution in [1.29, 1.82) is 0 Å². The van der Waals surface area contributed by atoms with Gasteiger partial charge in [0.25, 0.3) is 0 Å². The maximum absolute atomic E-state index is 12.8. The van der Waals surface area contributed by atoms with Crippen LogP contribution in [-0.4, -0.2) is 31.4 Å². The minimum absolute atomic E-state index is 0.0104. The van der Waals surface area contributed by atoms with Crippen molar-refractivity contribution in [3.05, 3.63) is 59.7 Å². The molecule has 0 saturated carbocycles. The maximum Gasteiger partial charge on any atom is 0.227 e. The van der Waals surface area contributed by atoms with Crippen LogP contribution in [-0.2, 0) is 9.59 Å². The van der Waals surface area contributed by atoms with E-state index in [0.717, 1.165) is 35.6 Å². The number of carbonyl (C=O) groups is 2. The molecule has 0 spiro atoms. The fraction of sp³-hybridized carbons (Fsp3) is 0.417. The first-order chi connectivity index (χ1) is 13.9. The molecule has 2 unspecified atom stereocenters. The summed E-state index contributed by atoms with van der Waals surface area (Å²) < 4.78 is 0. The summed E-state index contributed by atoms with van der Waals surface area (Å²) in [7, 11) is 0. The monoisotopic (exact) mass is 393 g/mol. The third-order valence-corrected chi connectivity index (χ3v) is 5.75. The van der Waals surface area contributed by atoms with E-state index in [1.165, 1.54) is 0 Å². The van der Waals surface area contributed by atoms with Crippen molar-refractivity contribution in [2.45, 2.75) is 40.2 Å². The average molecular weight is 394 g/mol. The molecule has 154 valence electrons. The first kappa shape index (κ1) is 20.9. The molecule has 3 rings (SSSR count). The number of hydrogen-bond acceptors (Lipinski definition) is 3. The first-order valence-corrected chi connectivity index (χ1v) is 10.5. The molecule has 0 aliphatic carbocycles. The molecule has 2 aromatic carbocycles. The van der Waals surface area contributed by atoms with Crippen LogP contribution in [0, 0.1) is 12.8 Å². The van der Waals surface area contributed by atoms with Gasteiger partial charge in [-0.2, -0.15) is 0 Å². The Hall–Kier alpha value is -2.82. The minimum atomic E-state index is -0.324. The van der Waals surface area contributed by atoms with E-state index >= 15 is 0 Å². The van der Waals surface area contributed by atoms with Crippen molar-refractivity contribution in [3.63, 3.8) is 0 Å². The molecule has 0 radical (unpaired) electrons. The van der Waals surface area contributed by atoms with Crippen LogP contribution in [0.5, 0.6) is 0 Å². The number of carbonyl (C=O) groups excluding carboxylic acids is 2. The van der Waals surface area contributed by atoms with Gasteiger partial charge < -0.3 is 15.1 Å². The Balaban J connectivity index is 1.69. The molecular formula is C24H31N3O2. The second-order valence-electron chi connectivity index (χ2n) is 7.69. The number of rotatable bonds is 7. The van der Waals surface area contributed by atoms with Crippen molar-refractivity contribution in [3.8, 4) is 0 Å². The molecule has 1 N–H and O–H groups in total. The van der Waals surface area contributed by atoms with Gasteiger partial charge >= 0.3 is 0 Å². The molecular weight excluding hydrogens is 362 g/mol. The normalized spacial score (nSPS) is 17.3. The average Bonchev–Trinajstić information content (AvgIpc) is 3.11. The van der Waals surface area contributed by atoms with Crippen molar-refractivity contribution in [1.82, 2.24) is 5.32 Å². The SMILES string of the molecule is CCN(CC)c1ccc(N2CC(C(=O)NC(C)c3ccccc3)CC2=O)c(C)c1. The molecule has 5 nitrogen and oxygen atoms in total. The standard InChI is InChI=1S/C24H31N3O2/c1-5-26(6-2)21-12-13-22(17(3)14-21)27-16-20(15-23(27)28)24(29)25-18(4)19-10-8-7-9-11-19/h7-14,18,20H,5-6,15-16H2,1-4H3,(H,25,29). The van der Waals surface area contributed by atoms with Crippen LogP contribution >= 0.6 is 0 Å². The van der Waals surface area contributed by atoms with Crippen LogP contribution in [0.4, 0.5) is 11.4 Å². The molecule has 2 aromatic rings. The van der Waals surface area contributed by atoms with E-state index in [1.807, 2.05) is 50.2 Å². The summed E-state index contributed by atoms with van der Waals surface area (Å²) in [6, 6.07) is 16.0. The second kappa shape index (κ2) is 9.12. The first-order valence-electron chi connectivity index (χ1n) is 10.5. The predicted molar refractivity (Wildman–Crippen MR) is 118 cm³/mol. The Kier molecular flexibility index (Phi) is 6.57. The second-order valence-corrected chi connectivity index (χ2v) is 7.69. The Bertz CT molecular complexity index is 862. The fourth-order valence-electron chi connectivity index (χ4n) is 4.00. The predicted octanol–water partition coefficient (Wildman–Crippen LogP) is 4.07. The zero-order valence-electron chi connectivity index (χ0n) is 17.8. The zero-order chi connectivity index (χ0) is 21.0. The van der Waals surface area contributed by atoms with Gasteiger partial charge in [-0.1, -0.05) is 30.3 Å². The van der Waals surface area contributed by atoms with E-state index in [0.29, 0.717) is 6.54 Å². The van der Waals surface area contributed by atoms with Gasteiger partial charge in [0.15, 0.2) is 0 Å². The van der Waals surface area contributed by atoms with Gasteiger partial charge in [-0.15, -0.1) is 0 Å². The Morgan fingerprint density at radius 1 is 1.17 bits per heavy atom. The number of hydrogen-bond donors (Lipinski definition) is 1. The number of nitrogens with zero attached hydrogens (tertiary/aromatic N) is 2. The van der Waals surface area contributed by atoms with Gasteiger partial charge in [0.1, 0.15) is 0 Å². The molecule has 2 atom stereocenters. The smallest absolute Gasteiger partial charge is 0.227 e. The Morgan fingerprint density at radius 2 is 1.86 bits per heavy atom. The van der Waals surface area contributed by atoms with Crippen molar-refractivity contribution in [2.24, 2.45) is 5.92 Å². The number of benzene rings is 2. The number of amides is 2. The Labute approximate surface area is 173 Å². The van der Waals surface area contributed by atoms with Gasteiger partial charge in [-0.05, 0) is 57.0 Å². The summed E-state index contributed by atoms with van der Waals surface area (Å²) in [6.45, 7) is 10.6. The van der Waals surface area contributed by atoms with Crippen LogP contribution in [0.1, 0.15) is 44.4 Å². The summed E-state index contributed by atoms with van der Waals surface area (Å²) in [5, 5.41) is 3.06. The number of anilines is 2. The van der Waals surface area contributed by atoms with Crippen LogP contribution in [0.25, 0.3) is 0 Å². The molecule has 0 bridgehead atoms. The van der Waals surface area contributed by atoms with E-state index in [-0.39, 0.29) is 30.2 Å². The summed E-state index contributed by atoms with van der Waals surface area (Å²) in [4.78, 5) is 29.5. The highest BCUT2D eigenvalue weighted by molar-refractivity contribution is 6.01. The van der Waals surface area contributed by atoms with E-state index in [9.17, 15) is 9.59 Å². The lowest BCUT2D eigenvalue weighted by Gasteiger charge is -2.24. The number of aryl methyl sites for hydroxylation is 1. The highest BCUT2D eigenvalue weighted by Crippen LogP contribution is 2.31. The summed E-state index contributed by atoms with van der Waals surface area (Å²) in [5.41, 5.74) is 4.18. The molecule has 1 aliphatic heterocycles. The van der Waals surface area contributed by atoms with Gasteiger partial charge in [0.05, 0.1) is 12.0 Å². The van der Waals surface area contributed by atoms with Gasteiger partial charge in [-0.25, -0.2) is 0 Å². The third kappa shape index (κ3) is 4.61. The van der Waals surface area contributed by atoms with E-state index in [1.54, 1.807) is 4.90 Å². The van der Waals surface area contributed by atoms with E-state index in [2.05, 4.69) is 36.2 Å².